The lowest BCUT2D eigenvalue weighted by Crippen LogP contribution is -2.47. The summed E-state index contributed by atoms with van der Waals surface area (Å²) in [6, 6.07) is 0. The first-order valence-electron chi connectivity index (χ1n) is 7.44. The van der Waals surface area contributed by atoms with Crippen LogP contribution in [0.2, 0.25) is 0 Å². The summed E-state index contributed by atoms with van der Waals surface area (Å²) >= 11 is 0. The lowest BCUT2D eigenvalue weighted by Gasteiger charge is -2.30. The molecule has 2 rings (SSSR count). The van der Waals surface area contributed by atoms with Crippen LogP contribution in [0.4, 0.5) is 0 Å². The molecule has 1 heterocycles. The second kappa shape index (κ2) is 8.56. The van der Waals surface area contributed by atoms with E-state index in [0.29, 0.717) is 32.8 Å². The molecule has 7 heteroatoms. The number of rotatable bonds is 4. The Morgan fingerprint density at radius 2 is 1.95 bits per heavy atom. The first-order valence-corrected chi connectivity index (χ1v) is 7.44. The van der Waals surface area contributed by atoms with Gasteiger partial charge < -0.3 is 20.3 Å². The molecule has 6 nitrogen and oxygen atoms in total. The first kappa shape index (κ1) is 18.2. The van der Waals surface area contributed by atoms with Crippen molar-refractivity contribution in [2.45, 2.75) is 19.3 Å². The normalized spacial score (nSPS) is 25.3. The molecule has 0 aromatic heterocycles. The zero-order chi connectivity index (χ0) is 14.5. The number of amides is 2. The molecule has 2 amide bonds. The number of halogens is 1. The summed E-state index contributed by atoms with van der Waals surface area (Å²) in [6.45, 7) is 3.13. The number of carbonyl (C=O) groups excluding carboxylic acids is 2. The fraction of sp³-hybridized carbons (Fsp3) is 0.857. The Bertz CT molecular complexity index is 361. The molecule has 2 fully saturated rings. The number of hydrogen-bond acceptors (Lipinski definition) is 4. The van der Waals surface area contributed by atoms with E-state index in [1.165, 1.54) is 0 Å². The Morgan fingerprint density at radius 3 is 2.57 bits per heavy atom. The molecule has 0 bridgehead atoms. The van der Waals surface area contributed by atoms with Crippen molar-refractivity contribution >= 4 is 24.2 Å². The maximum atomic E-state index is 12.4. The fourth-order valence-corrected chi connectivity index (χ4v) is 3.12. The minimum absolute atomic E-state index is 0. The first-order chi connectivity index (χ1) is 9.63. The predicted molar refractivity (Wildman–Crippen MR) is 82.2 cm³/mol. The molecule has 1 saturated carbocycles. The highest BCUT2D eigenvalue weighted by molar-refractivity contribution is 5.86. The molecular weight excluding hydrogens is 294 g/mol. The van der Waals surface area contributed by atoms with Crippen molar-refractivity contribution in [3.05, 3.63) is 0 Å². The molecule has 1 saturated heterocycles. The third-order valence-electron chi connectivity index (χ3n) is 4.39. The van der Waals surface area contributed by atoms with E-state index in [-0.39, 0.29) is 42.6 Å². The molecule has 2 N–H and O–H groups in total. The van der Waals surface area contributed by atoms with Crippen LogP contribution in [0.15, 0.2) is 0 Å². The average molecular weight is 320 g/mol. The van der Waals surface area contributed by atoms with E-state index in [2.05, 4.69) is 0 Å². The maximum absolute atomic E-state index is 12.4. The van der Waals surface area contributed by atoms with Gasteiger partial charge in [-0.2, -0.15) is 0 Å². The molecule has 0 unspecified atom stereocenters. The van der Waals surface area contributed by atoms with Crippen LogP contribution in [-0.2, 0) is 14.3 Å². The fourth-order valence-electron chi connectivity index (χ4n) is 3.12. The Kier molecular flexibility index (Phi) is 7.42. The number of ether oxygens (including phenoxy) is 1. The zero-order valence-corrected chi connectivity index (χ0v) is 13.4. The van der Waals surface area contributed by atoms with Gasteiger partial charge in [0.1, 0.15) is 0 Å². The molecule has 2 aliphatic rings. The molecule has 0 aromatic rings. The Labute approximate surface area is 132 Å². The van der Waals surface area contributed by atoms with Crippen molar-refractivity contribution in [1.82, 2.24) is 9.80 Å². The minimum Gasteiger partial charge on any atom is -0.378 e. The Morgan fingerprint density at radius 1 is 1.29 bits per heavy atom. The van der Waals surface area contributed by atoms with Gasteiger partial charge in [0.05, 0.1) is 19.8 Å². The van der Waals surface area contributed by atoms with E-state index in [1.54, 1.807) is 16.8 Å². The Hall–Kier alpha value is -0.850. The summed E-state index contributed by atoms with van der Waals surface area (Å²) < 4.78 is 5.22. The number of morpholine rings is 1. The summed E-state index contributed by atoms with van der Waals surface area (Å²) in [5.41, 5.74) is 5.72. The van der Waals surface area contributed by atoms with Crippen LogP contribution in [0.5, 0.6) is 0 Å². The SMILES string of the molecule is CN(CC(=O)N1CCOCC1)C(=O)[C@@H]1CCC[C@@H]1CN.Cl. The van der Waals surface area contributed by atoms with Gasteiger partial charge in [0.15, 0.2) is 0 Å². The highest BCUT2D eigenvalue weighted by atomic mass is 35.5. The summed E-state index contributed by atoms with van der Waals surface area (Å²) in [7, 11) is 1.71. The number of nitrogens with two attached hydrogens (primary N) is 1. The van der Waals surface area contributed by atoms with Crippen molar-refractivity contribution in [3.63, 3.8) is 0 Å². The van der Waals surface area contributed by atoms with Crippen molar-refractivity contribution in [1.29, 1.82) is 0 Å². The van der Waals surface area contributed by atoms with Crippen molar-refractivity contribution in [3.8, 4) is 0 Å². The van der Waals surface area contributed by atoms with Gasteiger partial charge in [-0.1, -0.05) is 6.42 Å². The van der Waals surface area contributed by atoms with E-state index in [9.17, 15) is 9.59 Å². The number of carbonyl (C=O) groups is 2. The van der Waals surface area contributed by atoms with Gasteiger partial charge in [-0.05, 0) is 25.3 Å². The third-order valence-corrected chi connectivity index (χ3v) is 4.39. The van der Waals surface area contributed by atoms with Crippen LogP contribution in [0.3, 0.4) is 0 Å². The minimum atomic E-state index is 0. The van der Waals surface area contributed by atoms with Gasteiger partial charge >= 0.3 is 0 Å². The molecule has 0 aromatic carbocycles. The second-order valence-electron chi connectivity index (χ2n) is 5.72. The van der Waals surface area contributed by atoms with Crippen LogP contribution < -0.4 is 5.73 Å². The lowest BCUT2D eigenvalue weighted by molar-refractivity contribution is -0.144. The number of hydrogen-bond donors (Lipinski definition) is 1. The summed E-state index contributed by atoms with van der Waals surface area (Å²) in [5, 5.41) is 0. The van der Waals surface area contributed by atoms with Crippen LogP contribution in [0.1, 0.15) is 19.3 Å². The van der Waals surface area contributed by atoms with E-state index in [1.807, 2.05) is 0 Å². The largest absolute Gasteiger partial charge is 0.378 e. The predicted octanol–water partition coefficient (Wildman–Crippen LogP) is 0.100. The summed E-state index contributed by atoms with van der Waals surface area (Å²) in [6.07, 6.45) is 2.98. The van der Waals surface area contributed by atoms with E-state index < -0.39 is 0 Å². The van der Waals surface area contributed by atoms with Gasteiger partial charge in [-0.15, -0.1) is 12.4 Å². The smallest absolute Gasteiger partial charge is 0.242 e. The van der Waals surface area contributed by atoms with Gasteiger partial charge in [0.2, 0.25) is 11.8 Å². The molecule has 2 atom stereocenters. The van der Waals surface area contributed by atoms with Crippen molar-refractivity contribution in [2.24, 2.45) is 17.6 Å². The van der Waals surface area contributed by atoms with Crippen LogP contribution in [0.25, 0.3) is 0 Å². The summed E-state index contributed by atoms with van der Waals surface area (Å²) in [5.74, 6) is 0.358. The van der Waals surface area contributed by atoms with Gasteiger partial charge in [0, 0.05) is 26.1 Å². The summed E-state index contributed by atoms with van der Waals surface area (Å²) in [4.78, 5) is 27.9. The lowest BCUT2D eigenvalue weighted by atomic mass is 9.95. The van der Waals surface area contributed by atoms with Crippen LogP contribution in [0, 0.1) is 11.8 Å². The van der Waals surface area contributed by atoms with Crippen LogP contribution in [-0.4, -0.2) is 68.1 Å². The molecular formula is C14H26ClN3O3. The standard InChI is InChI=1S/C14H25N3O3.ClH/c1-16(10-13(18)17-5-7-20-8-6-17)14(19)12-4-2-3-11(12)9-15;/h11-12H,2-10,15H2,1H3;1H/t11-,12-;/m1./s1. The second-order valence-corrected chi connectivity index (χ2v) is 5.72. The third kappa shape index (κ3) is 4.56. The molecule has 1 aliphatic carbocycles. The Balaban J connectivity index is 0.00000220. The number of likely N-dealkylation sites (N-methyl/N-ethyl adjacent to an activating group) is 1. The van der Waals surface area contributed by atoms with E-state index >= 15 is 0 Å². The molecule has 122 valence electrons. The van der Waals surface area contributed by atoms with Crippen molar-refractivity contribution in [2.75, 3.05) is 46.4 Å². The quantitative estimate of drug-likeness (QED) is 0.797. The highest BCUT2D eigenvalue weighted by Gasteiger charge is 2.34. The van der Waals surface area contributed by atoms with E-state index in [0.717, 1.165) is 19.3 Å². The maximum Gasteiger partial charge on any atom is 0.242 e. The molecule has 0 spiro atoms. The van der Waals surface area contributed by atoms with Crippen molar-refractivity contribution < 1.29 is 14.3 Å². The number of nitrogens with zero attached hydrogens (tertiary/aromatic N) is 2. The molecule has 0 radical (unpaired) electrons. The van der Waals surface area contributed by atoms with Gasteiger partial charge in [-0.3, -0.25) is 9.59 Å². The van der Waals surface area contributed by atoms with Gasteiger partial charge in [0.25, 0.3) is 0 Å². The highest BCUT2D eigenvalue weighted by Crippen LogP contribution is 2.32. The zero-order valence-electron chi connectivity index (χ0n) is 12.6. The van der Waals surface area contributed by atoms with Gasteiger partial charge in [-0.25, -0.2) is 0 Å². The topological polar surface area (TPSA) is 75.9 Å². The monoisotopic (exact) mass is 319 g/mol. The molecule has 1 aliphatic heterocycles. The van der Waals surface area contributed by atoms with Crippen LogP contribution >= 0.6 is 12.4 Å². The van der Waals surface area contributed by atoms with E-state index in [4.69, 9.17) is 10.5 Å². The average Bonchev–Trinajstić information content (AvgIpc) is 2.95. The molecule has 21 heavy (non-hydrogen) atoms.